The minimum absolute atomic E-state index is 0. The maximum absolute atomic E-state index is 15.0. The Balaban J connectivity index is 0.00000342. The van der Waals surface area contributed by atoms with Crippen molar-refractivity contribution in [1.29, 1.82) is 0 Å². The van der Waals surface area contributed by atoms with E-state index in [0.29, 0.717) is 22.5 Å². The normalized spacial score (nSPS) is 11.6. The first kappa shape index (κ1) is 25.9. The van der Waals surface area contributed by atoms with E-state index in [1.54, 1.807) is 32.2 Å². The highest BCUT2D eigenvalue weighted by atomic mass is 35.5. The Morgan fingerprint density at radius 3 is 1.97 bits per heavy atom. The number of pyridine rings is 1. The zero-order valence-electron chi connectivity index (χ0n) is 19.4. The van der Waals surface area contributed by atoms with Crippen LogP contribution in [0.2, 0.25) is 0 Å². The van der Waals surface area contributed by atoms with Crippen molar-refractivity contribution in [3.8, 4) is 11.1 Å². The average molecular weight is 492 g/mol. The summed E-state index contributed by atoms with van der Waals surface area (Å²) in [6.45, 7) is 1.76. The fourth-order valence-electron chi connectivity index (χ4n) is 4.13. The number of hydrogen-bond acceptors (Lipinski definition) is 3. The second kappa shape index (κ2) is 11.1. The molecule has 0 aliphatic heterocycles. The summed E-state index contributed by atoms with van der Waals surface area (Å²) in [5, 5.41) is 2.76. The van der Waals surface area contributed by atoms with E-state index in [9.17, 15) is 9.59 Å². The van der Waals surface area contributed by atoms with Gasteiger partial charge in [0.05, 0.1) is 6.04 Å². The zero-order valence-corrected chi connectivity index (χ0v) is 20.3. The molecule has 0 radical (unpaired) electrons. The predicted octanol–water partition coefficient (Wildman–Crippen LogP) is 5.02. The smallest absolute Gasteiger partial charge is 0.250 e. The van der Waals surface area contributed by atoms with Crippen LogP contribution in [-0.4, -0.2) is 16.5 Å². The van der Waals surface area contributed by atoms with Gasteiger partial charge >= 0.3 is 0 Å². The Hall–Kier alpha value is -3.74. The topological polar surface area (TPSA) is 77.1 Å². The first-order chi connectivity index (χ1) is 16.4. The molecule has 4 aromatic rings. The van der Waals surface area contributed by atoms with Crippen molar-refractivity contribution >= 4 is 24.0 Å². The number of amides is 1. The van der Waals surface area contributed by atoms with Crippen LogP contribution >= 0.6 is 12.4 Å². The number of halogens is 2. The Kier molecular flexibility index (Phi) is 8.22. The van der Waals surface area contributed by atoms with Crippen LogP contribution in [0.5, 0.6) is 0 Å². The Morgan fingerprint density at radius 1 is 0.886 bits per heavy atom. The molecule has 3 aromatic carbocycles. The van der Waals surface area contributed by atoms with E-state index in [0.717, 1.165) is 11.1 Å². The van der Waals surface area contributed by atoms with E-state index in [-0.39, 0.29) is 23.9 Å². The number of carbonyl (C=O) groups excluding carboxylic acids is 1. The molecule has 1 atom stereocenters. The second-order valence-electron chi connectivity index (χ2n) is 8.24. The quantitative estimate of drug-likeness (QED) is 0.397. The minimum Gasteiger partial charge on any atom is -0.325 e. The first-order valence-electron chi connectivity index (χ1n) is 11.0. The van der Waals surface area contributed by atoms with Crippen LogP contribution in [0.15, 0.2) is 95.8 Å². The summed E-state index contributed by atoms with van der Waals surface area (Å²) in [5.74, 6) is -1.28. The molecule has 0 spiro atoms. The second-order valence-corrected chi connectivity index (χ2v) is 8.24. The van der Waals surface area contributed by atoms with E-state index in [2.05, 4.69) is 5.32 Å². The van der Waals surface area contributed by atoms with E-state index in [4.69, 9.17) is 5.73 Å². The summed E-state index contributed by atoms with van der Waals surface area (Å²) in [7, 11) is 1.64. The van der Waals surface area contributed by atoms with Crippen LogP contribution in [0, 0.1) is 12.7 Å². The van der Waals surface area contributed by atoms with Crippen molar-refractivity contribution in [2.24, 2.45) is 12.8 Å². The number of nitrogens with zero attached hydrogens (tertiary/aromatic N) is 1. The van der Waals surface area contributed by atoms with Gasteiger partial charge in [0.15, 0.2) is 0 Å². The molecular formula is C28H27ClFN3O2. The molecule has 3 N–H and O–H groups in total. The fourth-order valence-corrected chi connectivity index (χ4v) is 4.13. The summed E-state index contributed by atoms with van der Waals surface area (Å²) in [6.07, 6.45) is 0. The number of benzene rings is 3. The van der Waals surface area contributed by atoms with Crippen molar-refractivity contribution in [3.05, 3.63) is 124 Å². The maximum Gasteiger partial charge on any atom is 0.250 e. The van der Waals surface area contributed by atoms with Crippen molar-refractivity contribution in [2.45, 2.75) is 18.9 Å². The van der Waals surface area contributed by atoms with Crippen LogP contribution in [0.1, 0.15) is 22.7 Å². The average Bonchev–Trinajstić information content (AvgIpc) is 2.85. The van der Waals surface area contributed by atoms with Crippen molar-refractivity contribution in [2.75, 3.05) is 5.32 Å². The highest BCUT2D eigenvalue weighted by Gasteiger charge is 2.28. The molecule has 35 heavy (non-hydrogen) atoms. The predicted molar refractivity (Wildman–Crippen MR) is 140 cm³/mol. The number of rotatable bonds is 6. The third-order valence-electron chi connectivity index (χ3n) is 6.12. The Bertz CT molecular complexity index is 1330. The third-order valence-corrected chi connectivity index (χ3v) is 6.12. The van der Waals surface area contributed by atoms with Crippen LogP contribution in [0.25, 0.3) is 11.1 Å². The van der Waals surface area contributed by atoms with Crippen molar-refractivity contribution in [3.63, 3.8) is 0 Å². The minimum atomic E-state index is -0.890. The third kappa shape index (κ3) is 5.50. The number of carbonyl (C=O) groups is 1. The molecule has 1 heterocycles. The van der Waals surface area contributed by atoms with E-state index >= 15 is 4.39 Å². The summed E-state index contributed by atoms with van der Waals surface area (Å²) in [4.78, 5) is 24.9. The lowest BCUT2D eigenvalue weighted by atomic mass is 9.85. The van der Waals surface area contributed by atoms with Gasteiger partial charge in [-0.15, -0.1) is 12.4 Å². The molecule has 7 heteroatoms. The highest BCUT2D eigenvalue weighted by Crippen LogP contribution is 2.29. The molecule has 1 amide bonds. The lowest BCUT2D eigenvalue weighted by Gasteiger charge is -2.24. The van der Waals surface area contributed by atoms with E-state index in [1.165, 1.54) is 16.7 Å². The van der Waals surface area contributed by atoms with Gasteiger partial charge in [-0.1, -0.05) is 60.7 Å². The largest absolute Gasteiger partial charge is 0.325 e. The van der Waals surface area contributed by atoms with Crippen LogP contribution in [0.4, 0.5) is 10.1 Å². The molecule has 0 saturated heterocycles. The molecule has 0 saturated carbocycles. The van der Waals surface area contributed by atoms with Gasteiger partial charge in [-0.05, 0) is 42.3 Å². The van der Waals surface area contributed by atoms with Gasteiger partial charge in [-0.25, -0.2) is 4.39 Å². The molecule has 0 aliphatic rings. The van der Waals surface area contributed by atoms with Gasteiger partial charge in [0, 0.05) is 41.5 Å². The molecule has 5 nitrogen and oxygen atoms in total. The van der Waals surface area contributed by atoms with E-state index < -0.39 is 17.8 Å². The molecule has 0 aliphatic carbocycles. The zero-order chi connectivity index (χ0) is 24.2. The molecule has 0 unspecified atom stereocenters. The Labute approximate surface area is 209 Å². The molecule has 4 rings (SSSR count). The van der Waals surface area contributed by atoms with Gasteiger partial charge in [0.1, 0.15) is 5.82 Å². The lowest BCUT2D eigenvalue weighted by molar-refractivity contribution is -0.117. The first-order valence-corrected chi connectivity index (χ1v) is 11.0. The number of anilines is 1. The van der Waals surface area contributed by atoms with Crippen LogP contribution < -0.4 is 16.6 Å². The standard InChI is InChI=1S/C28H26FN3O2.ClH/c1-18-22(15-16-25(33)32(18)2)23-14-13-21(17-24(23)29)31-28(34)27(30)26(19-9-5-3-6-10-19)20-11-7-4-8-12-20;/h3-17,26-27H,30H2,1-2H3,(H,31,34);1H/t27-;/m0./s1. The number of nitrogens with two attached hydrogens (primary N) is 1. The van der Waals surface area contributed by atoms with E-state index in [1.807, 2.05) is 60.7 Å². The van der Waals surface area contributed by atoms with Crippen LogP contribution in [-0.2, 0) is 11.8 Å². The summed E-state index contributed by atoms with van der Waals surface area (Å²) in [5.41, 5.74) is 10.0. The summed E-state index contributed by atoms with van der Waals surface area (Å²) < 4.78 is 16.5. The highest BCUT2D eigenvalue weighted by molar-refractivity contribution is 5.96. The van der Waals surface area contributed by atoms with Gasteiger partial charge in [-0.3, -0.25) is 9.59 Å². The fraction of sp³-hybridized carbons (Fsp3) is 0.143. The molecule has 180 valence electrons. The molecule has 0 bridgehead atoms. The molecule has 0 fully saturated rings. The monoisotopic (exact) mass is 491 g/mol. The molecular weight excluding hydrogens is 465 g/mol. The molecule has 1 aromatic heterocycles. The maximum atomic E-state index is 15.0. The number of nitrogens with one attached hydrogen (secondary N) is 1. The van der Waals surface area contributed by atoms with Crippen LogP contribution in [0.3, 0.4) is 0 Å². The SMILES string of the molecule is Cc1c(-c2ccc(NC(=O)[C@@H](N)C(c3ccccc3)c3ccccc3)cc2F)ccc(=O)n1C.Cl. The van der Waals surface area contributed by atoms with Crippen molar-refractivity contribution < 1.29 is 9.18 Å². The lowest BCUT2D eigenvalue weighted by Crippen LogP contribution is -2.41. The summed E-state index contributed by atoms with van der Waals surface area (Å²) >= 11 is 0. The summed E-state index contributed by atoms with van der Waals surface area (Å²) in [6, 6.07) is 25.8. The number of aromatic nitrogens is 1. The van der Waals surface area contributed by atoms with Gasteiger partial charge in [-0.2, -0.15) is 0 Å². The van der Waals surface area contributed by atoms with Gasteiger partial charge in [0.25, 0.3) is 0 Å². The number of hydrogen-bond donors (Lipinski definition) is 2. The van der Waals surface area contributed by atoms with Gasteiger partial charge < -0.3 is 15.6 Å². The van der Waals surface area contributed by atoms with Gasteiger partial charge in [0.2, 0.25) is 11.5 Å². The Morgan fingerprint density at radius 2 is 1.43 bits per heavy atom. The van der Waals surface area contributed by atoms with Crippen molar-refractivity contribution in [1.82, 2.24) is 4.57 Å².